The molecule has 1 aromatic heterocycles. The molecule has 144 valence electrons. The van der Waals surface area contributed by atoms with Gasteiger partial charge in [-0.1, -0.05) is 0 Å². The minimum atomic E-state index is 0.0277. The number of methoxy groups -OCH3 is 2. The molecule has 1 aliphatic rings. The number of hydrogen-bond donors (Lipinski definition) is 0. The summed E-state index contributed by atoms with van der Waals surface area (Å²) < 4.78 is 10.8. The highest BCUT2D eigenvalue weighted by atomic mass is 16.5. The van der Waals surface area contributed by atoms with Crippen LogP contribution in [-0.2, 0) is 13.0 Å². The van der Waals surface area contributed by atoms with Crippen LogP contribution in [0.5, 0.6) is 11.5 Å². The first-order chi connectivity index (χ1) is 13.1. The van der Waals surface area contributed by atoms with E-state index >= 15 is 0 Å². The number of benzene rings is 1. The highest BCUT2D eigenvalue weighted by Gasteiger charge is 2.21. The van der Waals surface area contributed by atoms with Gasteiger partial charge in [0.15, 0.2) is 11.5 Å². The number of pyridine rings is 1. The molecule has 0 spiro atoms. The topological polar surface area (TPSA) is 54.9 Å². The van der Waals surface area contributed by atoms with E-state index < -0.39 is 0 Å². The summed E-state index contributed by atoms with van der Waals surface area (Å²) in [4.78, 5) is 21.0. The molecule has 27 heavy (non-hydrogen) atoms. The molecule has 1 aromatic carbocycles. The Hall–Kier alpha value is -2.76. The smallest absolute Gasteiger partial charge is 0.255 e. The van der Waals surface area contributed by atoms with E-state index in [0.717, 1.165) is 36.8 Å². The lowest BCUT2D eigenvalue weighted by Crippen LogP contribution is -2.32. The standard InChI is InChI=1S/C21H27N3O3/c1-5-23(6-2)21(25)16-7-8-20(22-13-16)24-10-9-15-11-18(26-3)19(27-4)12-17(15)14-24/h7-8,11-13H,5-6,9-10,14H2,1-4H3. The maximum Gasteiger partial charge on any atom is 0.255 e. The Kier molecular flexibility index (Phi) is 5.84. The Labute approximate surface area is 160 Å². The molecule has 0 radical (unpaired) electrons. The van der Waals surface area contributed by atoms with Crippen LogP contribution < -0.4 is 14.4 Å². The minimum absolute atomic E-state index is 0.0277. The van der Waals surface area contributed by atoms with Crippen molar-refractivity contribution in [2.45, 2.75) is 26.8 Å². The Balaban J connectivity index is 1.78. The monoisotopic (exact) mass is 369 g/mol. The van der Waals surface area contributed by atoms with Crippen molar-refractivity contribution in [3.8, 4) is 11.5 Å². The number of nitrogens with zero attached hydrogens (tertiary/aromatic N) is 3. The Morgan fingerprint density at radius 3 is 2.33 bits per heavy atom. The molecule has 0 saturated heterocycles. The molecule has 2 aromatic rings. The number of fused-ring (bicyclic) bond motifs is 1. The number of anilines is 1. The third-order valence-corrected chi connectivity index (χ3v) is 5.09. The number of carbonyl (C=O) groups is 1. The Morgan fingerprint density at radius 1 is 1.11 bits per heavy atom. The van der Waals surface area contributed by atoms with Gasteiger partial charge in [0.1, 0.15) is 5.82 Å². The molecular weight excluding hydrogens is 342 g/mol. The minimum Gasteiger partial charge on any atom is -0.493 e. The summed E-state index contributed by atoms with van der Waals surface area (Å²) in [6.45, 7) is 7.00. The molecule has 3 rings (SSSR count). The van der Waals surface area contributed by atoms with Crippen LogP contribution in [0.3, 0.4) is 0 Å². The second kappa shape index (κ2) is 8.29. The number of hydrogen-bond acceptors (Lipinski definition) is 5. The second-order valence-electron chi connectivity index (χ2n) is 6.53. The van der Waals surface area contributed by atoms with E-state index in [2.05, 4.69) is 16.0 Å². The van der Waals surface area contributed by atoms with Gasteiger partial charge in [0, 0.05) is 32.4 Å². The third kappa shape index (κ3) is 3.84. The molecular formula is C21H27N3O3. The fourth-order valence-electron chi connectivity index (χ4n) is 3.47. The largest absolute Gasteiger partial charge is 0.493 e. The van der Waals surface area contributed by atoms with Crippen molar-refractivity contribution in [1.82, 2.24) is 9.88 Å². The molecule has 2 heterocycles. The van der Waals surface area contributed by atoms with E-state index in [1.807, 2.05) is 32.0 Å². The van der Waals surface area contributed by atoms with E-state index in [4.69, 9.17) is 9.47 Å². The van der Waals surface area contributed by atoms with Gasteiger partial charge in [-0.15, -0.1) is 0 Å². The molecule has 0 atom stereocenters. The van der Waals surface area contributed by atoms with Crippen molar-refractivity contribution in [2.75, 3.05) is 38.8 Å². The van der Waals surface area contributed by atoms with E-state index in [-0.39, 0.29) is 5.91 Å². The predicted octanol–water partition coefficient (Wildman–Crippen LogP) is 3.14. The molecule has 0 aliphatic carbocycles. The zero-order chi connectivity index (χ0) is 19.4. The quantitative estimate of drug-likeness (QED) is 0.783. The molecule has 0 saturated carbocycles. The van der Waals surface area contributed by atoms with Gasteiger partial charge in [0.05, 0.1) is 19.8 Å². The summed E-state index contributed by atoms with van der Waals surface area (Å²) in [7, 11) is 3.31. The van der Waals surface area contributed by atoms with Gasteiger partial charge in [-0.05, 0) is 55.7 Å². The zero-order valence-corrected chi connectivity index (χ0v) is 16.5. The van der Waals surface area contributed by atoms with Gasteiger partial charge in [-0.3, -0.25) is 4.79 Å². The molecule has 0 fully saturated rings. The van der Waals surface area contributed by atoms with Crippen LogP contribution in [0.15, 0.2) is 30.5 Å². The first kappa shape index (κ1) is 19.0. The summed E-state index contributed by atoms with van der Waals surface area (Å²) in [6.07, 6.45) is 2.59. The number of carbonyl (C=O) groups excluding carboxylic acids is 1. The molecule has 0 N–H and O–H groups in total. The van der Waals surface area contributed by atoms with Crippen molar-refractivity contribution in [2.24, 2.45) is 0 Å². The van der Waals surface area contributed by atoms with Crippen LogP contribution in [0.1, 0.15) is 35.3 Å². The maximum absolute atomic E-state index is 12.4. The van der Waals surface area contributed by atoms with Crippen LogP contribution >= 0.6 is 0 Å². The SMILES string of the molecule is CCN(CC)C(=O)c1ccc(N2CCc3cc(OC)c(OC)cc3C2)nc1. The lowest BCUT2D eigenvalue weighted by molar-refractivity contribution is 0.0772. The average molecular weight is 369 g/mol. The lowest BCUT2D eigenvalue weighted by atomic mass is 9.98. The molecule has 1 amide bonds. The Morgan fingerprint density at radius 2 is 1.78 bits per heavy atom. The van der Waals surface area contributed by atoms with Gasteiger partial charge in [0.25, 0.3) is 5.91 Å². The van der Waals surface area contributed by atoms with Crippen LogP contribution in [0, 0.1) is 0 Å². The van der Waals surface area contributed by atoms with Crippen LogP contribution in [-0.4, -0.2) is 49.6 Å². The van der Waals surface area contributed by atoms with Crippen LogP contribution in [0.2, 0.25) is 0 Å². The molecule has 0 unspecified atom stereocenters. The summed E-state index contributed by atoms with van der Waals surface area (Å²) in [6, 6.07) is 7.90. The van der Waals surface area contributed by atoms with Crippen LogP contribution in [0.25, 0.3) is 0 Å². The fraction of sp³-hybridized carbons (Fsp3) is 0.429. The first-order valence-corrected chi connectivity index (χ1v) is 9.35. The van der Waals surface area contributed by atoms with Gasteiger partial charge in [0.2, 0.25) is 0 Å². The highest BCUT2D eigenvalue weighted by Crippen LogP contribution is 2.34. The number of aromatic nitrogens is 1. The Bertz CT molecular complexity index is 801. The summed E-state index contributed by atoms with van der Waals surface area (Å²) in [5.41, 5.74) is 3.12. The van der Waals surface area contributed by atoms with E-state index in [1.54, 1.807) is 25.3 Å². The number of ether oxygens (including phenoxy) is 2. The predicted molar refractivity (Wildman–Crippen MR) is 106 cm³/mol. The van der Waals surface area contributed by atoms with Crippen molar-refractivity contribution in [1.29, 1.82) is 0 Å². The summed E-state index contributed by atoms with van der Waals surface area (Å²) in [5, 5.41) is 0. The summed E-state index contributed by atoms with van der Waals surface area (Å²) in [5.74, 6) is 2.42. The molecule has 0 bridgehead atoms. The van der Waals surface area contributed by atoms with Crippen molar-refractivity contribution >= 4 is 11.7 Å². The van der Waals surface area contributed by atoms with E-state index in [9.17, 15) is 4.79 Å². The van der Waals surface area contributed by atoms with Crippen molar-refractivity contribution in [3.63, 3.8) is 0 Å². The average Bonchev–Trinajstić information content (AvgIpc) is 2.73. The fourth-order valence-corrected chi connectivity index (χ4v) is 3.47. The normalized spacial score (nSPS) is 13.1. The highest BCUT2D eigenvalue weighted by molar-refractivity contribution is 5.94. The van der Waals surface area contributed by atoms with Gasteiger partial charge >= 0.3 is 0 Å². The van der Waals surface area contributed by atoms with Crippen molar-refractivity contribution < 1.29 is 14.3 Å². The number of rotatable bonds is 6. The van der Waals surface area contributed by atoms with E-state index in [1.165, 1.54) is 11.1 Å². The molecule has 1 aliphatic heterocycles. The maximum atomic E-state index is 12.4. The van der Waals surface area contributed by atoms with Crippen molar-refractivity contribution in [3.05, 3.63) is 47.2 Å². The first-order valence-electron chi connectivity index (χ1n) is 9.35. The van der Waals surface area contributed by atoms with Gasteiger partial charge in [-0.2, -0.15) is 0 Å². The van der Waals surface area contributed by atoms with Gasteiger partial charge in [-0.25, -0.2) is 4.98 Å². The van der Waals surface area contributed by atoms with E-state index in [0.29, 0.717) is 18.7 Å². The lowest BCUT2D eigenvalue weighted by Gasteiger charge is -2.30. The number of amides is 1. The van der Waals surface area contributed by atoms with Gasteiger partial charge < -0.3 is 19.3 Å². The molecule has 6 heteroatoms. The summed E-state index contributed by atoms with van der Waals surface area (Å²) >= 11 is 0. The molecule has 6 nitrogen and oxygen atoms in total. The van der Waals surface area contributed by atoms with Crippen LogP contribution in [0.4, 0.5) is 5.82 Å². The second-order valence-corrected chi connectivity index (χ2v) is 6.53. The zero-order valence-electron chi connectivity index (χ0n) is 16.5. The third-order valence-electron chi connectivity index (χ3n) is 5.09.